The van der Waals surface area contributed by atoms with Crippen molar-refractivity contribution in [2.24, 2.45) is 0 Å². The van der Waals surface area contributed by atoms with Crippen molar-refractivity contribution in [3.05, 3.63) is 71.4 Å². The van der Waals surface area contributed by atoms with Gasteiger partial charge >= 0.3 is 0 Å². The van der Waals surface area contributed by atoms with E-state index in [-0.39, 0.29) is 0 Å². The maximum absolute atomic E-state index is 5.52. The van der Waals surface area contributed by atoms with E-state index in [2.05, 4.69) is 59.8 Å². The number of benzene rings is 2. The van der Waals surface area contributed by atoms with E-state index in [1.807, 2.05) is 19.0 Å². The zero-order valence-electron chi connectivity index (χ0n) is 14.2. The predicted molar refractivity (Wildman–Crippen MR) is 97.5 cm³/mol. The van der Waals surface area contributed by atoms with Gasteiger partial charge in [-0.05, 0) is 35.4 Å². The van der Waals surface area contributed by atoms with Crippen LogP contribution in [0.4, 0.5) is 5.88 Å². The maximum atomic E-state index is 5.52. The molecule has 0 spiro atoms. The van der Waals surface area contributed by atoms with Crippen molar-refractivity contribution < 1.29 is 4.52 Å². The third kappa shape index (κ3) is 2.71. The summed E-state index contributed by atoms with van der Waals surface area (Å²) in [7, 11) is 4.02. The molecule has 24 heavy (non-hydrogen) atoms. The van der Waals surface area contributed by atoms with E-state index in [1.165, 1.54) is 22.3 Å². The molecular weight excluding hydrogens is 296 g/mol. The lowest BCUT2D eigenvalue weighted by atomic mass is 9.82. The molecule has 3 nitrogen and oxygen atoms in total. The standard InChI is InChI=1S/C21H22N2O/c1-23(2)21-19-13-12-18(14-20(19)22-24-21)17-10-8-16(9-11-17)15-6-4-3-5-7-15/h3-11,18H,12-14H2,1-2H3. The lowest BCUT2D eigenvalue weighted by molar-refractivity contribution is 0.413. The van der Waals surface area contributed by atoms with Gasteiger partial charge in [0.25, 0.3) is 0 Å². The van der Waals surface area contributed by atoms with Crippen molar-refractivity contribution in [3.63, 3.8) is 0 Å². The minimum absolute atomic E-state index is 0.530. The van der Waals surface area contributed by atoms with Crippen LogP contribution in [0.3, 0.4) is 0 Å². The number of aromatic nitrogens is 1. The minimum Gasteiger partial charge on any atom is -0.347 e. The lowest BCUT2D eigenvalue weighted by Crippen LogP contribution is -2.15. The summed E-state index contributed by atoms with van der Waals surface area (Å²) in [5.41, 5.74) is 6.35. The molecule has 0 fully saturated rings. The van der Waals surface area contributed by atoms with Gasteiger partial charge in [0.05, 0.1) is 5.69 Å². The molecule has 0 radical (unpaired) electrons. The number of hydrogen-bond donors (Lipinski definition) is 0. The predicted octanol–water partition coefficient (Wildman–Crippen LogP) is 4.68. The largest absolute Gasteiger partial charge is 0.347 e. The highest BCUT2D eigenvalue weighted by Crippen LogP contribution is 2.36. The summed E-state index contributed by atoms with van der Waals surface area (Å²) in [6.07, 6.45) is 3.16. The van der Waals surface area contributed by atoms with Crippen LogP contribution in [0, 0.1) is 0 Å². The molecule has 0 saturated carbocycles. The van der Waals surface area contributed by atoms with Gasteiger partial charge in [0.2, 0.25) is 5.88 Å². The second-order valence-corrected chi connectivity index (χ2v) is 6.74. The van der Waals surface area contributed by atoms with Crippen molar-refractivity contribution >= 4 is 5.88 Å². The van der Waals surface area contributed by atoms with Crippen molar-refractivity contribution in [2.75, 3.05) is 19.0 Å². The Morgan fingerprint density at radius 1 is 0.958 bits per heavy atom. The molecule has 2 aromatic carbocycles. The molecule has 1 atom stereocenters. The summed E-state index contributed by atoms with van der Waals surface area (Å²) >= 11 is 0. The zero-order valence-corrected chi connectivity index (χ0v) is 14.2. The van der Waals surface area contributed by atoms with Crippen LogP contribution in [-0.4, -0.2) is 19.3 Å². The Hall–Kier alpha value is -2.55. The first kappa shape index (κ1) is 15.0. The number of nitrogens with zero attached hydrogens (tertiary/aromatic N) is 2. The average Bonchev–Trinajstić information content (AvgIpc) is 3.06. The van der Waals surface area contributed by atoms with Gasteiger partial charge in [0, 0.05) is 26.1 Å². The summed E-state index contributed by atoms with van der Waals surface area (Å²) in [5, 5.41) is 4.30. The first-order valence-corrected chi connectivity index (χ1v) is 8.52. The van der Waals surface area contributed by atoms with Gasteiger partial charge < -0.3 is 9.42 Å². The van der Waals surface area contributed by atoms with Gasteiger partial charge in [-0.1, -0.05) is 59.8 Å². The number of rotatable bonds is 3. The first-order chi connectivity index (χ1) is 11.7. The highest BCUT2D eigenvalue weighted by atomic mass is 16.5. The van der Waals surface area contributed by atoms with Crippen molar-refractivity contribution in [1.82, 2.24) is 5.16 Å². The third-order valence-corrected chi connectivity index (χ3v) is 4.93. The smallest absolute Gasteiger partial charge is 0.230 e. The Balaban J connectivity index is 1.55. The number of anilines is 1. The summed E-state index contributed by atoms with van der Waals surface area (Å²) in [6.45, 7) is 0. The normalized spacial score (nSPS) is 16.7. The molecule has 1 aromatic heterocycles. The molecule has 0 bridgehead atoms. The van der Waals surface area contributed by atoms with Crippen LogP contribution in [0.5, 0.6) is 0 Å². The fourth-order valence-electron chi connectivity index (χ4n) is 3.61. The van der Waals surface area contributed by atoms with E-state index in [9.17, 15) is 0 Å². The van der Waals surface area contributed by atoms with Crippen LogP contribution in [0.25, 0.3) is 11.1 Å². The lowest BCUT2D eigenvalue weighted by Gasteiger charge is -2.22. The Morgan fingerprint density at radius 2 is 1.67 bits per heavy atom. The molecule has 0 saturated heterocycles. The molecule has 0 amide bonds. The van der Waals surface area contributed by atoms with Gasteiger partial charge in [-0.3, -0.25) is 0 Å². The fourth-order valence-corrected chi connectivity index (χ4v) is 3.61. The van der Waals surface area contributed by atoms with Crippen LogP contribution in [-0.2, 0) is 12.8 Å². The van der Waals surface area contributed by atoms with Crippen LogP contribution >= 0.6 is 0 Å². The van der Waals surface area contributed by atoms with Crippen LogP contribution in [0.1, 0.15) is 29.2 Å². The van der Waals surface area contributed by atoms with E-state index in [1.54, 1.807) is 0 Å². The second-order valence-electron chi connectivity index (χ2n) is 6.74. The SMILES string of the molecule is CN(C)c1onc2c1CCC(c1ccc(-c3ccccc3)cc1)C2. The molecule has 1 heterocycles. The van der Waals surface area contributed by atoms with Gasteiger partial charge in [0.15, 0.2) is 0 Å². The second kappa shape index (κ2) is 6.16. The van der Waals surface area contributed by atoms with Crippen LogP contribution in [0.15, 0.2) is 59.1 Å². The Labute approximate surface area is 142 Å². The summed E-state index contributed by atoms with van der Waals surface area (Å²) in [5.74, 6) is 1.45. The molecule has 1 aliphatic rings. The molecule has 4 rings (SSSR count). The van der Waals surface area contributed by atoms with E-state index >= 15 is 0 Å². The van der Waals surface area contributed by atoms with Gasteiger partial charge in [-0.25, -0.2) is 0 Å². The first-order valence-electron chi connectivity index (χ1n) is 8.52. The minimum atomic E-state index is 0.530. The van der Waals surface area contributed by atoms with Crippen molar-refractivity contribution in [3.8, 4) is 11.1 Å². The van der Waals surface area contributed by atoms with Gasteiger partial charge in [-0.2, -0.15) is 0 Å². The molecule has 0 aliphatic heterocycles. The Kier molecular flexibility index (Phi) is 3.85. The molecule has 3 heteroatoms. The molecule has 122 valence electrons. The van der Waals surface area contributed by atoms with E-state index < -0.39 is 0 Å². The van der Waals surface area contributed by atoms with Crippen LogP contribution < -0.4 is 4.90 Å². The number of fused-ring (bicyclic) bond motifs is 1. The summed E-state index contributed by atoms with van der Waals surface area (Å²) in [6, 6.07) is 19.5. The monoisotopic (exact) mass is 318 g/mol. The topological polar surface area (TPSA) is 29.3 Å². The molecule has 3 aromatic rings. The fraction of sp³-hybridized carbons (Fsp3) is 0.286. The summed E-state index contributed by atoms with van der Waals surface area (Å²) < 4.78 is 5.52. The van der Waals surface area contributed by atoms with Crippen molar-refractivity contribution in [2.45, 2.75) is 25.2 Å². The zero-order chi connectivity index (χ0) is 16.5. The van der Waals surface area contributed by atoms with Crippen molar-refractivity contribution in [1.29, 1.82) is 0 Å². The van der Waals surface area contributed by atoms with E-state index in [0.717, 1.165) is 30.8 Å². The van der Waals surface area contributed by atoms with E-state index in [0.29, 0.717) is 5.92 Å². The van der Waals surface area contributed by atoms with E-state index in [4.69, 9.17) is 4.52 Å². The molecule has 1 unspecified atom stereocenters. The highest BCUT2D eigenvalue weighted by Gasteiger charge is 2.27. The quantitative estimate of drug-likeness (QED) is 0.702. The molecule has 1 aliphatic carbocycles. The highest BCUT2D eigenvalue weighted by molar-refractivity contribution is 5.63. The average molecular weight is 318 g/mol. The number of hydrogen-bond acceptors (Lipinski definition) is 3. The molecule has 0 N–H and O–H groups in total. The third-order valence-electron chi connectivity index (χ3n) is 4.93. The van der Waals surface area contributed by atoms with Gasteiger partial charge in [-0.15, -0.1) is 0 Å². The molecular formula is C21H22N2O. The maximum Gasteiger partial charge on any atom is 0.230 e. The summed E-state index contributed by atoms with van der Waals surface area (Å²) in [4.78, 5) is 2.01. The Morgan fingerprint density at radius 3 is 2.38 bits per heavy atom. The Bertz CT molecular complexity index is 819. The van der Waals surface area contributed by atoms with Gasteiger partial charge in [0.1, 0.15) is 0 Å². The van der Waals surface area contributed by atoms with Crippen LogP contribution in [0.2, 0.25) is 0 Å².